The Morgan fingerprint density at radius 1 is 1.46 bits per heavy atom. The van der Waals surface area contributed by atoms with E-state index in [0.29, 0.717) is 23.5 Å². The number of nitrogens with zero attached hydrogens (tertiary/aromatic N) is 2. The Kier molecular flexibility index (Phi) is 6.93. The minimum absolute atomic E-state index is 0. The van der Waals surface area contributed by atoms with E-state index in [0.717, 1.165) is 6.42 Å². The van der Waals surface area contributed by atoms with Crippen LogP contribution in [0.1, 0.15) is 38.1 Å². The van der Waals surface area contributed by atoms with Crippen molar-refractivity contribution < 1.29 is 9.18 Å². The number of benzene rings is 1. The highest BCUT2D eigenvalue weighted by Gasteiger charge is 2.26. The van der Waals surface area contributed by atoms with Crippen molar-refractivity contribution in [2.45, 2.75) is 45.7 Å². The number of hydrogen-bond acceptors (Lipinski definition) is 3. The third-order valence-corrected chi connectivity index (χ3v) is 3.84. The van der Waals surface area contributed by atoms with Crippen molar-refractivity contribution >= 4 is 18.3 Å². The summed E-state index contributed by atoms with van der Waals surface area (Å²) in [6.07, 6.45) is 4.76. The zero-order valence-electron chi connectivity index (χ0n) is 14.2. The van der Waals surface area contributed by atoms with Crippen LogP contribution in [0.4, 0.5) is 4.39 Å². The summed E-state index contributed by atoms with van der Waals surface area (Å²) in [6, 6.07) is 4.88. The third kappa shape index (κ3) is 4.55. The van der Waals surface area contributed by atoms with E-state index >= 15 is 0 Å². The number of nitrogens with two attached hydrogens (primary N) is 1. The van der Waals surface area contributed by atoms with E-state index in [1.54, 1.807) is 36.0 Å². The van der Waals surface area contributed by atoms with Gasteiger partial charge in [-0.05, 0) is 38.0 Å². The van der Waals surface area contributed by atoms with Gasteiger partial charge < -0.3 is 15.6 Å². The second kappa shape index (κ2) is 8.26. The number of hydrogen-bond donors (Lipinski definition) is 2. The summed E-state index contributed by atoms with van der Waals surface area (Å²) >= 11 is 0. The molecule has 5 nitrogen and oxygen atoms in total. The lowest BCUT2D eigenvalue weighted by molar-refractivity contribution is -0.126. The van der Waals surface area contributed by atoms with Gasteiger partial charge in [0, 0.05) is 18.9 Å². The molecule has 0 radical (unpaired) electrons. The van der Waals surface area contributed by atoms with E-state index in [4.69, 9.17) is 5.73 Å². The monoisotopic (exact) mass is 354 g/mol. The van der Waals surface area contributed by atoms with Gasteiger partial charge in [-0.15, -0.1) is 12.4 Å². The lowest BCUT2D eigenvalue weighted by atomic mass is 9.96. The quantitative estimate of drug-likeness (QED) is 0.837. The zero-order valence-corrected chi connectivity index (χ0v) is 15.0. The number of aryl methyl sites for hydroxylation is 1. The molecule has 0 aliphatic heterocycles. The van der Waals surface area contributed by atoms with Crippen LogP contribution in [-0.2, 0) is 11.3 Å². The fraction of sp³-hybridized carbons (Fsp3) is 0.412. The summed E-state index contributed by atoms with van der Waals surface area (Å²) in [6.45, 7) is 5.74. The number of carbonyl (C=O) groups excluding carboxylic acids is 1. The Labute approximate surface area is 147 Å². The van der Waals surface area contributed by atoms with Crippen LogP contribution >= 0.6 is 12.4 Å². The Morgan fingerprint density at radius 2 is 2.17 bits per heavy atom. The van der Waals surface area contributed by atoms with E-state index in [2.05, 4.69) is 10.3 Å². The highest BCUT2D eigenvalue weighted by molar-refractivity contribution is 5.85. The maximum absolute atomic E-state index is 14.3. The summed E-state index contributed by atoms with van der Waals surface area (Å²) in [5, 5.41) is 2.77. The molecule has 2 rings (SSSR count). The molecule has 0 saturated heterocycles. The molecule has 0 fully saturated rings. The molecule has 3 N–H and O–H groups in total. The highest BCUT2D eigenvalue weighted by Crippen LogP contribution is 2.17. The van der Waals surface area contributed by atoms with E-state index in [1.165, 1.54) is 6.07 Å². The van der Waals surface area contributed by atoms with Crippen LogP contribution in [0.3, 0.4) is 0 Å². The first kappa shape index (κ1) is 20.1. The lowest BCUT2D eigenvalue weighted by Crippen LogP contribution is -2.51. The molecular weight excluding hydrogens is 331 g/mol. The van der Waals surface area contributed by atoms with Crippen molar-refractivity contribution in [3.05, 3.63) is 47.8 Å². The first-order chi connectivity index (χ1) is 10.8. The first-order valence-electron chi connectivity index (χ1n) is 7.71. The second-order valence-corrected chi connectivity index (χ2v) is 5.98. The van der Waals surface area contributed by atoms with Gasteiger partial charge in [0.25, 0.3) is 0 Å². The molecule has 0 saturated carbocycles. The lowest BCUT2D eigenvalue weighted by Gasteiger charge is -2.22. The van der Waals surface area contributed by atoms with Crippen LogP contribution < -0.4 is 11.1 Å². The molecule has 24 heavy (non-hydrogen) atoms. The molecule has 1 heterocycles. The van der Waals surface area contributed by atoms with E-state index in [-0.39, 0.29) is 30.7 Å². The van der Waals surface area contributed by atoms with E-state index < -0.39 is 5.54 Å². The fourth-order valence-corrected chi connectivity index (χ4v) is 2.51. The van der Waals surface area contributed by atoms with Crippen molar-refractivity contribution in [1.29, 1.82) is 0 Å². The summed E-state index contributed by atoms with van der Waals surface area (Å²) in [7, 11) is 0. The van der Waals surface area contributed by atoms with E-state index in [9.17, 15) is 9.18 Å². The number of nitrogens with one attached hydrogen (secondary N) is 1. The van der Waals surface area contributed by atoms with Crippen molar-refractivity contribution in [3.8, 4) is 5.69 Å². The second-order valence-electron chi connectivity index (χ2n) is 5.98. The molecule has 1 aromatic heterocycles. The standard InChI is InChI=1S/C17H23FN4O.ClH/c1-4-7-17(3,19)16(23)21-11-13-5-6-15(14(18)10-13)22-9-8-20-12(22)2;/h5-6,8-10H,4,7,11,19H2,1-3H3,(H,21,23);1H. The largest absolute Gasteiger partial charge is 0.350 e. The van der Waals surface area contributed by atoms with Gasteiger partial charge in [-0.3, -0.25) is 4.79 Å². The van der Waals surface area contributed by atoms with Crippen molar-refractivity contribution in [2.75, 3.05) is 0 Å². The topological polar surface area (TPSA) is 72.9 Å². The van der Waals surface area contributed by atoms with Crippen LogP contribution in [0.25, 0.3) is 5.69 Å². The molecule has 7 heteroatoms. The number of carbonyl (C=O) groups is 1. The average Bonchev–Trinajstić information content (AvgIpc) is 2.90. The van der Waals surface area contributed by atoms with Gasteiger partial charge in [0.05, 0.1) is 11.2 Å². The number of aromatic nitrogens is 2. The Bertz CT molecular complexity index is 700. The number of halogens is 2. The molecule has 0 spiro atoms. The Morgan fingerprint density at radius 3 is 2.71 bits per heavy atom. The molecule has 1 atom stereocenters. The Balaban J connectivity index is 0.00000288. The molecule has 1 unspecified atom stereocenters. The summed E-state index contributed by atoms with van der Waals surface area (Å²) in [4.78, 5) is 16.2. The first-order valence-corrected chi connectivity index (χ1v) is 7.71. The minimum Gasteiger partial charge on any atom is -0.350 e. The number of imidazole rings is 1. The fourth-order valence-electron chi connectivity index (χ4n) is 2.51. The van der Waals surface area contributed by atoms with Gasteiger partial charge in [0.1, 0.15) is 11.6 Å². The van der Waals surface area contributed by atoms with Crippen LogP contribution in [-0.4, -0.2) is 21.0 Å². The van der Waals surface area contributed by atoms with Gasteiger partial charge in [-0.2, -0.15) is 0 Å². The van der Waals surface area contributed by atoms with Crippen molar-refractivity contribution in [1.82, 2.24) is 14.9 Å². The maximum atomic E-state index is 14.3. The molecular formula is C17H24ClFN4O. The van der Waals surface area contributed by atoms with Crippen LogP contribution in [0, 0.1) is 12.7 Å². The minimum atomic E-state index is -0.902. The maximum Gasteiger partial charge on any atom is 0.240 e. The van der Waals surface area contributed by atoms with Crippen molar-refractivity contribution in [3.63, 3.8) is 0 Å². The van der Waals surface area contributed by atoms with Gasteiger partial charge in [-0.25, -0.2) is 9.37 Å². The highest BCUT2D eigenvalue weighted by atomic mass is 35.5. The molecule has 0 bridgehead atoms. The van der Waals surface area contributed by atoms with Crippen LogP contribution in [0.15, 0.2) is 30.6 Å². The van der Waals surface area contributed by atoms with Gasteiger partial charge >= 0.3 is 0 Å². The summed E-state index contributed by atoms with van der Waals surface area (Å²) in [5.74, 6) is 0.125. The predicted octanol–water partition coefficient (Wildman–Crippen LogP) is 2.88. The normalized spacial score (nSPS) is 13.0. The van der Waals surface area contributed by atoms with E-state index in [1.807, 2.05) is 13.8 Å². The summed E-state index contributed by atoms with van der Waals surface area (Å²) < 4.78 is 16.0. The smallest absolute Gasteiger partial charge is 0.240 e. The zero-order chi connectivity index (χ0) is 17.0. The van der Waals surface area contributed by atoms with Gasteiger partial charge in [0.15, 0.2) is 0 Å². The Hall–Kier alpha value is -1.92. The summed E-state index contributed by atoms with van der Waals surface area (Å²) in [5.41, 5.74) is 6.19. The SMILES string of the molecule is CCCC(C)(N)C(=O)NCc1ccc(-n2ccnc2C)c(F)c1.Cl. The average molecular weight is 355 g/mol. The predicted molar refractivity (Wildman–Crippen MR) is 94.9 cm³/mol. The molecule has 1 aromatic carbocycles. The molecule has 1 amide bonds. The van der Waals surface area contributed by atoms with Gasteiger partial charge in [0.2, 0.25) is 5.91 Å². The van der Waals surface area contributed by atoms with Crippen molar-refractivity contribution in [2.24, 2.45) is 5.73 Å². The van der Waals surface area contributed by atoms with Gasteiger partial charge in [-0.1, -0.05) is 19.4 Å². The molecule has 132 valence electrons. The number of amides is 1. The molecule has 0 aliphatic rings. The number of rotatable bonds is 6. The van der Waals surface area contributed by atoms with Crippen LogP contribution in [0.2, 0.25) is 0 Å². The third-order valence-electron chi connectivity index (χ3n) is 3.84. The molecule has 2 aromatic rings. The van der Waals surface area contributed by atoms with Crippen LogP contribution in [0.5, 0.6) is 0 Å². The molecule has 0 aliphatic carbocycles.